The molecule has 1 aromatic rings. The van der Waals surface area contributed by atoms with Gasteiger partial charge in [0.15, 0.2) is 5.11 Å². The van der Waals surface area contributed by atoms with Crippen LogP contribution in [0.3, 0.4) is 0 Å². The maximum absolute atomic E-state index is 11.4. The molecule has 1 aliphatic heterocycles. The van der Waals surface area contributed by atoms with Crippen molar-refractivity contribution in [1.29, 1.82) is 0 Å². The Morgan fingerprint density at radius 3 is 2.44 bits per heavy atom. The summed E-state index contributed by atoms with van der Waals surface area (Å²) in [5.74, 6) is 0.572. The number of hydrogen-bond acceptors (Lipinski definition) is 3. The Morgan fingerprint density at radius 1 is 1.25 bits per heavy atom. The zero-order chi connectivity index (χ0) is 11.5. The third-order valence-electron chi connectivity index (χ3n) is 2.15. The van der Waals surface area contributed by atoms with Gasteiger partial charge < -0.3 is 10.1 Å². The summed E-state index contributed by atoms with van der Waals surface area (Å²) in [5, 5.41) is 5.62. The molecular formula is C11H10N2O2S. The van der Waals surface area contributed by atoms with Crippen molar-refractivity contribution in [2.75, 3.05) is 7.11 Å². The first-order chi connectivity index (χ1) is 7.69. The molecule has 1 saturated heterocycles. The van der Waals surface area contributed by atoms with Crippen molar-refractivity contribution < 1.29 is 9.53 Å². The Labute approximate surface area is 98.3 Å². The van der Waals surface area contributed by atoms with Gasteiger partial charge in [-0.1, -0.05) is 12.1 Å². The number of rotatable bonds is 2. The maximum atomic E-state index is 11.4. The van der Waals surface area contributed by atoms with Gasteiger partial charge in [-0.05, 0) is 36.0 Å². The molecule has 0 aliphatic carbocycles. The lowest BCUT2D eigenvalue weighted by atomic mass is 10.2. The number of amides is 1. The predicted octanol–water partition coefficient (Wildman–Crippen LogP) is 1.04. The highest BCUT2D eigenvalue weighted by molar-refractivity contribution is 7.80. The number of benzene rings is 1. The van der Waals surface area contributed by atoms with Crippen LogP contribution >= 0.6 is 12.2 Å². The second kappa shape index (κ2) is 4.32. The Hall–Kier alpha value is -1.88. The summed E-state index contributed by atoms with van der Waals surface area (Å²) in [7, 11) is 1.61. The van der Waals surface area contributed by atoms with E-state index in [0.717, 1.165) is 11.3 Å². The number of carbonyl (C=O) groups excluding carboxylic acids is 1. The van der Waals surface area contributed by atoms with Gasteiger partial charge in [0, 0.05) is 0 Å². The maximum Gasteiger partial charge on any atom is 0.273 e. The van der Waals surface area contributed by atoms with Gasteiger partial charge in [0.2, 0.25) is 0 Å². The fourth-order valence-corrected chi connectivity index (χ4v) is 1.55. The third-order valence-corrected chi connectivity index (χ3v) is 2.35. The Bertz CT molecular complexity index is 465. The Morgan fingerprint density at radius 2 is 1.94 bits per heavy atom. The number of ether oxygens (including phenoxy) is 1. The van der Waals surface area contributed by atoms with E-state index in [9.17, 15) is 4.79 Å². The Kier molecular flexibility index (Phi) is 2.87. The summed E-state index contributed by atoms with van der Waals surface area (Å²) >= 11 is 4.83. The first-order valence-electron chi connectivity index (χ1n) is 4.67. The molecule has 5 heteroatoms. The fourth-order valence-electron chi connectivity index (χ4n) is 1.35. The first kappa shape index (κ1) is 10.6. The van der Waals surface area contributed by atoms with Crippen LogP contribution in [0.2, 0.25) is 0 Å². The lowest BCUT2D eigenvalue weighted by molar-refractivity contribution is -0.115. The minimum Gasteiger partial charge on any atom is -0.497 e. The van der Waals surface area contributed by atoms with Crippen molar-refractivity contribution in [2.24, 2.45) is 0 Å². The quantitative estimate of drug-likeness (QED) is 0.593. The molecule has 0 atom stereocenters. The largest absolute Gasteiger partial charge is 0.497 e. The van der Waals surface area contributed by atoms with Crippen molar-refractivity contribution in [3.05, 3.63) is 35.5 Å². The summed E-state index contributed by atoms with van der Waals surface area (Å²) < 4.78 is 5.04. The SMILES string of the molecule is COc1ccc(/C=C2/NC(=S)NC2=O)cc1. The summed E-state index contributed by atoms with van der Waals surface area (Å²) in [6.07, 6.45) is 1.73. The van der Waals surface area contributed by atoms with Gasteiger partial charge in [-0.15, -0.1) is 0 Å². The Balaban J connectivity index is 2.22. The lowest BCUT2D eigenvalue weighted by Crippen LogP contribution is -2.21. The fraction of sp³-hybridized carbons (Fsp3) is 0.0909. The predicted molar refractivity (Wildman–Crippen MR) is 64.8 cm³/mol. The molecule has 0 bridgehead atoms. The second-order valence-electron chi connectivity index (χ2n) is 3.24. The highest BCUT2D eigenvalue weighted by Crippen LogP contribution is 2.14. The van der Waals surface area contributed by atoms with Crippen LogP contribution in [0.5, 0.6) is 5.75 Å². The van der Waals surface area contributed by atoms with Crippen LogP contribution in [0.25, 0.3) is 6.08 Å². The molecule has 0 spiro atoms. The number of thiocarbonyl (C=S) groups is 1. The number of methoxy groups -OCH3 is 1. The van der Waals surface area contributed by atoms with Crippen LogP contribution in [0, 0.1) is 0 Å². The molecular weight excluding hydrogens is 224 g/mol. The smallest absolute Gasteiger partial charge is 0.273 e. The van der Waals surface area contributed by atoms with Crippen molar-refractivity contribution >= 4 is 29.3 Å². The zero-order valence-electron chi connectivity index (χ0n) is 8.61. The van der Waals surface area contributed by atoms with Crippen LogP contribution in [0.4, 0.5) is 0 Å². The second-order valence-corrected chi connectivity index (χ2v) is 3.65. The summed E-state index contributed by atoms with van der Waals surface area (Å²) in [5.41, 5.74) is 1.36. The van der Waals surface area contributed by atoms with E-state index in [1.54, 1.807) is 13.2 Å². The van der Waals surface area contributed by atoms with E-state index in [1.165, 1.54) is 0 Å². The van der Waals surface area contributed by atoms with Crippen LogP contribution in [-0.2, 0) is 4.79 Å². The van der Waals surface area contributed by atoms with Crippen LogP contribution in [0.15, 0.2) is 30.0 Å². The molecule has 1 amide bonds. The van der Waals surface area contributed by atoms with Crippen molar-refractivity contribution in [1.82, 2.24) is 10.6 Å². The highest BCUT2D eigenvalue weighted by Gasteiger charge is 2.19. The standard InChI is InChI=1S/C11H10N2O2S/c1-15-8-4-2-7(3-5-8)6-9-10(14)13-11(16)12-9/h2-6H,1H3,(H2,12,13,14,16)/b9-6+. The van der Waals surface area contributed by atoms with Crippen LogP contribution in [0.1, 0.15) is 5.56 Å². The van der Waals surface area contributed by atoms with E-state index in [-0.39, 0.29) is 5.91 Å². The van der Waals surface area contributed by atoms with E-state index in [4.69, 9.17) is 17.0 Å². The average Bonchev–Trinajstić information content (AvgIpc) is 2.59. The van der Waals surface area contributed by atoms with Crippen molar-refractivity contribution in [2.45, 2.75) is 0 Å². The first-order valence-corrected chi connectivity index (χ1v) is 5.08. The minimum atomic E-state index is -0.208. The van der Waals surface area contributed by atoms with Crippen LogP contribution < -0.4 is 15.4 Å². The molecule has 0 aromatic heterocycles. The van der Waals surface area contributed by atoms with Crippen molar-refractivity contribution in [3.63, 3.8) is 0 Å². The van der Waals surface area contributed by atoms with Crippen LogP contribution in [-0.4, -0.2) is 18.1 Å². The molecule has 0 radical (unpaired) electrons. The summed E-state index contributed by atoms with van der Waals surface area (Å²) in [4.78, 5) is 11.4. The highest BCUT2D eigenvalue weighted by atomic mass is 32.1. The molecule has 82 valence electrons. The molecule has 1 fully saturated rings. The number of hydrogen-bond donors (Lipinski definition) is 2. The van der Waals surface area contributed by atoms with E-state index in [1.807, 2.05) is 24.3 Å². The minimum absolute atomic E-state index is 0.208. The normalized spacial score (nSPS) is 17.2. The lowest BCUT2D eigenvalue weighted by Gasteiger charge is -2.00. The molecule has 1 heterocycles. The summed E-state index contributed by atoms with van der Waals surface area (Å²) in [6, 6.07) is 7.39. The van der Waals surface area contributed by atoms with Gasteiger partial charge in [-0.25, -0.2) is 0 Å². The average molecular weight is 234 g/mol. The van der Waals surface area contributed by atoms with Gasteiger partial charge >= 0.3 is 0 Å². The van der Waals surface area contributed by atoms with Gasteiger partial charge in [0.05, 0.1) is 7.11 Å². The molecule has 2 N–H and O–H groups in total. The van der Waals surface area contributed by atoms with E-state index < -0.39 is 0 Å². The summed E-state index contributed by atoms with van der Waals surface area (Å²) in [6.45, 7) is 0. The van der Waals surface area contributed by atoms with Gasteiger partial charge in [-0.2, -0.15) is 0 Å². The third kappa shape index (κ3) is 2.20. The van der Waals surface area contributed by atoms with E-state index >= 15 is 0 Å². The van der Waals surface area contributed by atoms with Gasteiger partial charge in [0.25, 0.3) is 5.91 Å². The van der Waals surface area contributed by atoms with Crippen molar-refractivity contribution in [3.8, 4) is 5.75 Å². The molecule has 0 unspecified atom stereocenters. The van der Waals surface area contributed by atoms with Gasteiger partial charge in [0.1, 0.15) is 11.4 Å². The topological polar surface area (TPSA) is 50.4 Å². The molecule has 1 aliphatic rings. The van der Waals surface area contributed by atoms with E-state index in [2.05, 4.69) is 10.6 Å². The monoisotopic (exact) mass is 234 g/mol. The van der Waals surface area contributed by atoms with E-state index in [0.29, 0.717) is 10.8 Å². The number of carbonyl (C=O) groups is 1. The molecule has 4 nitrogen and oxygen atoms in total. The molecule has 0 saturated carbocycles. The molecule has 16 heavy (non-hydrogen) atoms. The number of nitrogens with one attached hydrogen (secondary N) is 2. The van der Waals surface area contributed by atoms with Gasteiger partial charge in [-0.3, -0.25) is 10.1 Å². The molecule has 1 aromatic carbocycles. The molecule has 2 rings (SSSR count). The zero-order valence-corrected chi connectivity index (χ0v) is 9.43.